The van der Waals surface area contributed by atoms with Crippen LogP contribution in [0.1, 0.15) is 41.9 Å². The van der Waals surface area contributed by atoms with E-state index in [1.165, 1.54) is 5.57 Å². The van der Waals surface area contributed by atoms with Gasteiger partial charge in [0, 0.05) is 17.4 Å². The quantitative estimate of drug-likeness (QED) is 0.635. The maximum Gasteiger partial charge on any atom is 0.193 e. The molecule has 0 unspecified atom stereocenters. The van der Waals surface area contributed by atoms with Crippen molar-refractivity contribution in [2.75, 3.05) is 0 Å². The molecule has 0 N–H and O–H groups in total. The zero-order valence-electron chi connectivity index (χ0n) is 10.5. The van der Waals surface area contributed by atoms with E-state index in [0.717, 1.165) is 35.3 Å². The minimum absolute atomic E-state index is 0.168. The number of ketones is 1. The van der Waals surface area contributed by atoms with E-state index in [-0.39, 0.29) is 11.2 Å². The molecular weight excluding hydrogens is 212 g/mol. The lowest BCUT2D eigenvalue weighted by Gasteiger charge is -2.35. The van der Waals surface area contributed by atoms with Gasteiger partial charge in [0.05, 0.1) is 11.8 Å². The Hall–Kier alpha value is -1.57. The van der Waals surface area contributed by atoms with Crippen molar-refractivity contribution < 1.29 is 9.21 Å². The Morgan fingerprint density at radius 1 is 1.35 bits per heavy atom. The van der Waals surface area contributed by atoms with E-state index in [9.17, 15) is 4.79 Å². The van der Waals surface area contributed by atoms with Gasteiger partial charge in [0.15, 0.2) is 5.78 Å². The largest absolute Gasteiger partial charge is 0.468 e. The highest BCUT2D eigenvalue weighted by Gasteiger charge is 2.42. The summed E-state index contributed by atoms with van der Waals surface area (Å²) in [6.07, 6.45) is 7.71. The highest BCUT2D eigenvalue weighted by molar-refractivity contribution is 6.13. The number of hydrogen-bond donors (Lipinski definition) is 0. The summed E-state index contributed by atoms with van der Waals surface area (Å²) in [6, 6.07) is 0. The third-order valence-corrected chi connectivity index (χ3v) is 3.94. The lowest BCUT2D eigenvalue weighted by Crippen LogP contribution is -2.33. The summed E-state index contributed by atoms with van der Waals surface area (Å²) in [6.45, 7) is 6.13. The first-order chi connectivity index (χ1) is 8.03. The first-order valence-corrected chi connectivity index (χ1v) is 6.02. The summed E-state index contributed by atoms with van der Waals surface area (Å²) in [4.78, 5) is 12.6. The van der Waals surface area contributed by atoms with Crippen LogP contribution in [0, 0.1) is 12.3 Å². The molecule has 0 fully saturated rings. The molecule has 0 aromatic carbocycles. The smallest absolute Gasteiger partial charge is 0.193 e. The summed E-state index contributed by atoms with van der Waals surface area (Å²) in [7, 11) is 0. The Kier molecular flexibility index (Phi) is 2.00. The molecule has 3 rings (SSSR count). The molecule has 1 heterocycles. The molecule has 1 atom stereocenters. The SMILES string of the molecule is CC1=C2C(=O)c3c(C)coc3C[C@]2(C)C=CC1. The average molecular weight is 228 g/mol. The molecule has 0 bridgehead atoms. The van der Waals surface area contributed by atoms with E-state index >= 15 is 0 Å². The topological polar surface area (TPSA) is 30.2 Å². The number of aryl methyl sites for hydroxylation is 1. The van der Waals surface area contributed by atoms with Crippen molar-refractivity contribution in [2.24, 2.45) is 5.41 Å². The van der Waals surface area contributed by atoms with Gasteiger partial charge in [0.1, 0.15) is 5.76 Å². The number of fused-ring (bicyclic) bond motifs is 2. The number of furan rings is 1. The van der Waals surface area contributed by atoms with Crippen molar-refractivity contribution >= 4 is 5.78 Å². The van der Waals surface area contributed by atoms with Crippen LogP contribution in [0.5, 0.6) is 0 Å². The molecule has 88 valence electrons. The summed E-state index contributed by atoms with van der Waals surface area (Å²) in [5.41, 5.74) is 3.77. The van der Waals surface area contributed by atoms with Crippen LogP contribution in [0.2, 0.25) is 0 Å². The van der Waals surface area contributed by atoms with Gasteiger partial charge in [-0.1, -0.05) is 24.6 Å². The molecule has 0 saturated carbocycles. The Labute approximate surface area is 101 Å². The predicted octanol–water partition coefficient (Wildman–Crippen LogP) is 3.61. The summed E-state index contributed by atoms with van der Waals surface area (Å²) in [5, 5.41) is 0. The fourth-order valence-electron chi connectivity index (χ4n) is 3.16. The third kappa shape index (κ3) is 1.30. The Morgan fingerprint density at radius 3 is 2.88 bits per heavy atom. The second-order valence-electron chi connectivity index (χ2n) is 5.40. The molecule has 2 nitrogen and oxygen atoms in total. The van der Waals surface area contributed by atoms with E-state index in [1.54, 1.807) is 6.26 Å². The summed E-state index contributed by atoms with van der Waals surface area (Å²) < 4.78 is 5.53. The van der Waals surface area contributed by atoms with Gasteiger partial charge in [-0.3, -0.25) is 4.79 Å². The van der Waals surface area contributed by atoms with Crippen LogP contribution in [-0.2, 0) is 6.42 Å². The van der Waals surface area contributed by atoms with E-state index in [1.807, 2.05) is 6.92 Å². The van der Waals surface area contributed by atoms with Gasteiger partial charge in [-0.25, -0.2) is 0 Å². The van der Waals surface area contributed by atoms with Crippen molar-refractivity contribution in [2.45, 2.75) is 33.6 Å². The van der Waals surface area contributed by atoms with E-state index in [4.69, 9.17) is 4.42 Å². The van der Waals surface area contributed by atoms with Gasteiger partial charge in [0.25, 0.3) is 0 Å². The van der Waals surface area contributed by atoms with Crippen LogP contribution in [0.25, 0.3) is 0 Å². The zero-order valence-corrected chi connectivity index (χ0v) is 10.5. The van der Waals surface area contributed by atoms with Gasteiger partial charge >= 0.3 is 0 Å². The van der Waals surface area contributed by atoms with Gasteiger partial charge in [-0.05, 0) is 25.8 Å². The standard InChI is InChI=1S/C15H16O2/c1-9-5-4-6-15(3)7-11-12(10(2)8-17-11)14(16)13(9)15/h4,6,8H,5,7H2,1-3H3/t15-/m0/s1. The Balaban J connectivity index is 2.27. The van der Waals surface area contributed by atoms with Crippen LogP contribution >= 0.6 is 0 Å². The van der Waals surface area contributed by atoms with Gasteiger partial charge in [-0.2, -0.15) is 0 Å². The predicted molar refractivity (Wildman–Crippen MR) is 66.0 cm³/mol. The normalized spacial score (nSPS) is 27.1. The fourth-order valence-corrected chi connectivity index (χ4v) is 3.16. The van der Waals surface area contributed by atoms with Gasteiger partial charge < -0.3 is 4.42 Å². The van der Waals surface area contributed by atoms with Crippen LogP contribution in [0.3, 0.4) is 0 Å². The highest BCUT2D eigenvalue weighted by atomic mass is 16.3. The van der Waals surface area contributed by atoms with Crippen molar-refractivity contribution in [3.8, 4) is 0 Å². The molecule has 0 saturated heterocycles. The Bertz CT molecular complexity index is 572. The van der Waals surface area contributed by atoms with Crippen molar-refractivity contribution in [3.63, 3.8) is 0 Å². The van der Waals surface area contributed by atoms with Crippen molar-refractivity contribution in [1.82, 2.24) is 0 Å². The molecule has 2 aliphatic rings. The van der Waals surface area contributed by atoms with Crippen molar-refractivity contribution in [1.29, 1.82) is 0 Å². The number of carbonyl (C=O) groups excluding carboxylic acids is 1. The van der Waals surface area contributed by atoms with Crippen LogP contribution in [-0.4, -0.2) is 5.78 Å². The fraction of sp³-hybridized carbons (Fsp3) is 0.400. The maximum atomic E-state index is 12.6. The molecule has 17 heavy (non-hydrogen) atoms. The van der Waals surface area contributed by atoms with Crippen LogP contribution < -0.4 is 0 Å². The molecular formula is C15H16O2. The summed E-state index contributed by atoms with van der Waals surface area (Å²) in [5.74, 6) is 1.01. The average Bonchev–Trinajstić information content (AvgIpc) is 2.59. The molecule has 0 radical (unpaired) electrons. The molecule has 0 aliphatic heterocycles. The van der Waals surface area contributed by atoms with E-state index in [2.05, 4.69) is 26.0 Å². The molecule has 0 spiro atoms. The zero-order chi connectivity index (χ0) is 12.2. The number of Topliss-reactive ketones (excluding diaryl/α,β-unsaturated/α-hetero) is 1. The van der Waals surface area contributed by atoms with Crippen LogP contribution in [0.4, 0.5) is 0 Å². The second kappa shape index (κ2) is 3.22. The number of hydrogen-bond acceptors (Lipinski definition) is 2. The monoisotopic (exact) mass is 228 g/mol. The molecule has 1 aromatic rings. The summed E-state index contributed by atoms with van der Waals surface area (Å²) >= 11 is 0. The molecule has 0 amide bonds. The first kappa shape index (κ1) is 10.6. The molecule has 2 heteroatoms. The van der Waals surface area contributed by atoms with Crippen molar-refractivity contribution in [3.05, 3.63) is 46.4 Å². The number of carbonyl (C=O) groups is 1. The van der Waals surface area contributed by atoms with E-state index < -0.39 is 0 Å². The number of rotatable bonds is 0. The first-order valence-electron chi connectivity index (χ1n) is 6.02. The number of allylic oxidation sites excluding steroid dienone is 4. The van der Waals surface area contributed by atoms with E-state index in [0.29, 0.717) is 0 Å². The Morgan fingerprint density at radius 2 is 2.12 bits per heavy atom. The lowest BCUT2D eigenvalue weighted by atomic mass is 9.66. The third-order valence-electron chi connectivity index (χ3n) is 3.94. The second-order valence-corrected chi connectivity index (χ2v) is 5.40. The molecule has 1 aromatic heterocycles. The van der Waals surface area contributed by atoms with Crippen LogP contribution in [0.15, 0.2) is 34.0 Å². The molecule has 2 aliphatic carbocycles. The highest BCUT2D eigenvalue weighted by Crippen LogP contribution is 2.46. The minimum atomic E-state index is -0.170. The maximum absolute atomic E-state index is 12.6. The minimum Gasteiger partial charge on any atom is -0.468 e. The lowest BCUT2D eigenvalue weighted by molar-refractivity contribution is 0.0993. The van der Waals surface area contributed by atoms with Gasteiger partial charge in [0.2, 0.25) is 0 Å². The van der Waals surface area contributed by atoms with Gasteiger partial charge in [-0.15, -0.1) is 0 Å².